The van der Waals surface area contributed by atoms with Crippen molar-refractivity contribution in [3.63, 3.8) is 0 Å². The van der Waals surface area contributed by atoms with Crippen molar-refractivity contribution in [2.75, 3.05) is 0 Å². The Morgan fingerprint density at radius 2 is 2.67 bits per heavy atom. The lowest BCUT2D eigenvalue weighted by molar-refractivity contribution is 0.0786. The normalized spacial score (nSPS) is 9.00. The Hall–Kier alpha value is -0.420. The van der Waals surface area contributed by atoms with Gasteiger partial charge in [-0.2, -0.15) is 0 Å². The number of thiazole rings is 1. The summed E-state index contributed by atoms with van der Waals surface area (Å²) in [6.07, 6.45) is 1.45. The van der Waals surface area contributed by atoms with E-state index in [1.165, 1.54) is 17.5 Å². The highest BCUT2D eigenvalue weighted by Gasteiger charge is 2.05. The Morgan fingerprint density at radius 1 is 1.89 bits per heavy atom. The zero-order valence-electron chi connectivity index (χ0n) is 4.20. The fraction of sp³-hybridized carbons (Fsp3) is 0. The van der Waals surface area contributed by atoms with E-state index in [-0.39, 0.29) is 0 Å². The molecule has 0 aromatic carbocycles. The summed E-state index contributed by atoms with van der Waals surface area (Å²) in [6.45, 7) is 0. The molecule has 0 spiro atoms. The molecule has 0 aliphatic rings. The lowest BCUT2D eigenvalue weighted by Gasteiger charge is -1.85. The van der Waals surface area contributed by atoms with Crippen LogP contribution in [0.1, 0.15) is 9.67 Å². The number of aromatic nitrogens is 1. The number of rotatable bonds is 1. The molecule has 0 bridgehead atoms. The third kappa shape index (κ3) is 1.49. The molecule has 0 radical (unpaired) electrons. The van der Waals surface area contributed by atoms with Crippen molar-refractivity contribution in [3.8, 4) is 0 Å². The maximum Gasteiger partial charge on any atom is 0.361 e. The second kappa shape index (κ2) is 2.93. The molecule has 0 atom stereocenters. The second-order valence-corrected chi connectivity index (χ2v) is 2.44. The van der Waals surface area contributed by atoms with Crippen molar-refractivity contribution in [2.24, 2.45) is 0 Å². The molecule has 5 heteroatoms. The van der Waals surface area contributed by atoms with Crippen LogP contribution in [-0.2, 0) is 3.83 Å². The van der Waals surface area contributed by atoms with Crippen LogP contribution >= 0.6 is 27.6 Å². The van der Waals surface area contributed by atoms with E-state index in [0.29, 0.717) is 4.88 Å². The SMILES string of the molecule is O=C(OBr)c1cncs1. The molecule has 0 fully saturated rings. The number of nitrogens with zero attached hydrogens (tertiary/aromatic N) is 1. The zero-order valence-corrected chi connectivity index (χ0v) is 6.61. The van der Waals surface area contributed by atoms with Gasteiger partial charge in [0, 0.05) is 0 Å². The van der Waals surface area contributed by atoms with E-state index in [0.717, 1.165) is 0 Å². The van der Waals surface area contributed by atoms with Crippen LogP contribution in [0.25, 0.3) is 0 Å². The summed E-state index contributed by atoms with van der Waals surface area (Å²) < 4.78 is 4.24. The number of hydrogen-bond acceptors (Lipinski definition) is 4. The molecule has 1 heterocycles. The third-order valence-corrected chi connectivity index (χ3v) is 1.75. The monoisotopic (exact) mass is 207 g/mol. The largest absolute Gasteiger partial charge is 0.379 e. The van der Waals surface area contributed by atoms with Gasteiger partial charge in [0.2, 0.25) is 0 Å². The highest BCUT2D eigenvalue weighted by Crippen LogP contribution is 2.08. The van der Waals surface area contributed by atoms with Crippen LogP contribution in [0.2, 0.25) is 0 Å². The van der Waals surface area contributed by atoms with Crippen LogP contribution in [0.5, 0.6) is 0 Å². The van der Waals surface area contributed by atoms with Crippen molar-refractivity contribution in [1.29, 1.82) is 0 Å². The van der Waals surface area contributed by atoms with Gasteiger partial charge in [0.05, 0.1) is 11.7 Å². The molecule has 1 aromatic heterocycles. The van der Waals surface area contributed by atoms with E-state index in [4.69, 9.17) is 0 Å². The first-order valence-corrected chi connectivity index (χ1v) is 3.58. The second-order valence-electron chi connectivity index (χ2n) is 1.23. The van der Waals surface area contributed by atoms with Crippen molar-refractivity contribution in [3.05, 3.63) is 16.6 Å². The number of hydrogen-bond donors (Lipinski definition) is 0. The molecule has 3 nitrogen and oxygen atoms in total. The summed E-state index contributed by atoms with van der Waals surface area (Å²) in [5.41, 5.74) is 1.57. The molecule has 0 saturated heterocycles. The first-order chi connectivity index (χ1) is 4.34. The molecule has 0 amide bonds. The minimum atomic E-state index is -0.405. The Morgan fingerprint density at radius 3 is 3.11 bits per heavy atom. The molecule has 1 rings (SSSR count). The van der Waals surface area contributed by atoms with Crippen molar-refractivity contribution < 1.29 is 8.62 Å². The molecular formula is C4H2BrNO2S. The minimum absolute atomic E-state index is 0.405. The average molecular weight is 208 g/mol. The van der Waals surface area contributed by atoms with Crippen LogP contribution in [0, 0.1) is 0 Å². The Labute approximate surface area is 64.1 Å². The highest BCUT2D eigenvalue weighted by molar-refractivity contribution is 9.06. The lowest BCUT2D eigenvalue weighted by atomic mass is 10.6. The van der Waals surface area contributed by atoms with E-state index in [1.54, 1.807) is 5.51 Å². The summed E-state index contributed by atoms with van der Waals surface area (Å²) in [7, 11) is 0. The van der Waals surface area contributed by atoms with Gasteiger partial charge in [0.25, 0.3) is 0 Å². The summed E-state index contributed by atoms with van der Waals surface area (Å²) >= 11 is 3.81. The van der Waals surface area contributed by atoms with Gasteiger partial charge >= 0.3 is 5.97 Å². The van der Waals surface area contributed by atoms with E-state index < -0.39 is 5.97 Å². The topological polar surface area (TPSA) is 39.2 Å². The van der Waals surface area contributed by atoms with Crippen LogP contribution in [-0.4, -0.2) is 11.0 Å². The first kappa shape index (κ1) is 6.70. The zero-order chi connectivity index (χ0) is 6.69. The third-order valence-electron chi connectivity index (χ3n) is 0.704. The van der Waals surface area contributed by atoms with Crippen molar-refractivity contribution in [1.82, 2.24) is 4.98 Å². The fourth-order valence-electron chi connectivity index (χ4n) is 0.355. The highest BCUT2D eigenvalue weighted by atomic mass is 79.9. The number of carbonyl (C=O) groups excluding carboxylic acids is 1. The van der Waals surface area contributed by atoms with E-state index >= 15 is 0 Å². The van der Waals surface area contributed by atoms with Gasteiger partial charge in [-0.25, -0.2) is 4.79 Å². The van der Waals surface area contributed by atoms with Crippen LogP contribution in [0.3, 0.4) is 0 Å². The number of halogens is 1. The van der Waals surface area contributed by atoms with E-state index in [9.17, 15) is 4.79 Å². The average Bonchev–Trinajstić information content (AvgIpc) is 2.37. The number of carbonyl (C=O) groups is 1. The summed E-state index contributed by atoms with van der Waals surface area (Å²) in [5.74, 6) is -0.405. The van der Waals surface area contributed by atoms with Gasteiger partial charge in [-0.3, -0.25) is 4.98 Å². The molecule has 48 valence electrons. The molecule has 0 unspecified atom stereocenters. The molecule has 0 saturated carbocycles. The first-order valence-electron chi connectivity index (χ1n) is 2.06. The predicted molar refractivity (Wildman–Crippen MR) is 36.5 cm³/mol. The molecular weight excluding hydrogens is 206 g/mol. The smallest absolute Gasteiger partial charge is 0.361 e. The summed E-state index contributed by atoms with van der Waals surface area (Å²) in [4.78, 5) is 14.8. The standard InChI is InChI=1S/C4H2BrNO2S/c5-8-4(7)3-1-6-2-9-3/h1-2H. The molecule has 0 aliphatic carbocycles. The quantitative estimate of drug-likeness (QED) is 0.703. The molecule has 0 N–H and O–H groups in total. The van der Waals surface area contributed by atoms with E-state index in [1.807, 2.05) is 0 Å². The molecule has 9 heavy (non-hydrogen) atoms. The maximum absolute atomic E-state index is 10.6. The minimum Gasteiger partial charge on any atom is -0.379 e. The summed E-state index contributed by atoms with van der Waals surface area (Å²) in [5, 5.41) is 0. The lowest BCUT2D eigenvalue weighted by Crippen LogP contribution is -1.92. The van der Waals surface area contributed by atoms with Gasteiger partial charge in [0.15, 0.2) is 16.3 Å². The molecule has 0 aliphatic heterocycles. The van der Waals surface area contributed by atoms with Crippen molar-refractivity contribution in [2.45, 2.75) is 0 Å². The van der Waals surface area contributed by atoms with E-state index in [2.05, 4.69) is 25.1 Å². The van der Waals surface area contributed by atoms with Crippen LogP contribution in [0.15, 0.2) is 11.7 Å². The van der Waals surface area contributed by atoms with Gasteiger partial charge in [-0.05, 0) is 0 Å². The summed E-state index contributed by atoms with van der Waals surface area (Å²) in [6, 6.07) is 0. The van der Waals surface area contributed by atoms with Gasteiger partial charge in [0.1, 0.15) is 4.88 Å². The Balaban J connectivity index is 2.77. The Bertz CT molecular complexity index is 198. The maximum atomic E-state index is 10.6. The van der Waals surface area contributed by atoms with Crippen LogP contribution in [0.4, 0.5) is 0 Å². The predicted octanol–water partition coefficient (Wildman–Crippen LogP) is 1.61. The van der Waals surface area contributed by atoms with Crippen molar-refractivity contribution >= 4 is 33.6 Å². The van der Waals surface area contributed by atoms with Gasteiger partial charge < -0.3 is 3.83 Å². The fourth-order valence-corrected chi connectivity index (χ4v) is 1.13. The Kier molecular flexibility index (Phi) is 2.18. The van der Waals surface area contributed by atoms with Gasteiger partial charge in [-0.15, -0.1) is 11.3 Å². The van der Waals surface area contributed by atoms with Crippen LogP contribution < -0.4 is 0 Å². The molecule has 1 aromatic rings. The van der Waals surface area contributed by atoms with Gasteiger partial charge in [-0.1, -0.05) is 0 Å².